The average Bonchev–Trinajstić information content (AvgIpc) is 2.60. The largest absolute Gasteiger partial charge is 0.358 e. The Morgan fingerprint density at radius 3 is 2.12 bits per heavy atom. The molecule has 0 fully saturated rings. The van der Waals surface area contributed by atoms with Gasteiger partial charge in [0.2, 0.25) is 11.8 Å². The van der Waals surface area contributed by atoms with E-state index in [2.05, 4.69) is 62.6 Å². The zero-order valence-electron chi connectivity index (χ0n) is 16.4. The number of nitrogens with zero attached hydrogens (tertiary/aromatic N) is 1. The number of amides is 2. The highest BCUT2D eigenvalue weighted by molar-refractivity contribution is 5.85. The van der Waals surface area contributed by atoms with Crippen molar-refractivity contribution in [3.05, 3.63) is 35.4 Å². The highest BCUT2D eigenvalue weighted by Gasteiger charge is 2.19. The van der Waals surface area contributed by atoms with Crippen LogP contribution in [-0.4, -0.2) is 43.9 Å². The topological polar surface area (TPSA) is 61.4 Å². The van der Waals surface area contributed by atoms with Crippen LogP contribution in [0.15, 0.2) is 24.3 Å². The van der Waals surface area contributed by atoms with Gasteiger partial charge in [-0.15, -0.1) is 0 Å². The van der Waals surface area contributed by atoms with Crippen molar-refractivity contribution in [3.8, 4) is 0 Å². The average molecular weight is 348 g/mol. The summed E-state index contributed by atoms with van der Waals surface area (Å²) >= 11 is 0. The van der Waals surface area contributed by atoms with Gasteiger partial charge in [-0.3, -0.25) is 9.59 Å². The molecule has 0 aliphatic rings. The first-order valence-electron chi connectivity index (χ1n) is 9.07. The van der Waals surface area contributed by atoms with E-state index in [0.717, 1.165) is 6.42 Å². The fourth-order valence-electron chi connectivity index (χ4n) is 2.72. The van der Waals surface area contributed by atoms with Gasteiger partial charge in [0, 0.05) is 20.1 Å². The molecular weight excluding hydrogens is 314 g/mol. The standard InChI is InChI=1S/C20H33N3O2/c1-7-15(4)16-8-10-17(11-9-16)20(14(2)3)22-12-19(25)23(6)13-18(24)21-5/h8-11,14-15,20,22H,7,12-13H2,1-6H3,(H,21,24)/t15-,20+/m0/s1. The first-order valence-corrected chi connectivity index (χ1v) is 9.07. The number of carbonyl (C=O) groups excluding carboxylic acids is 2. The molecule has 0 radical (unpaired) electrons. The summed E-state index contributed by atoms with van der Waals surface area (Å²) in [6, 6.07) is 8.76. The van der Waals surface area contributed by atoms with E-state index in [1.165, 1.54) is 16.0 Å². The molecule has 0 unspecified atom stereocenters. The summed E-state index contributed by atoms with van der Waals surface area (Å²) in [4.78, 5) is 25.0. The fourth-order valence-corrected chi connectivity index (χ4v) is 2.72. The van der Waals surface area contributed by atoms with Crippen LogP contribution in [-0.2, 0) is 9.59 Å². The minimum Gasteiger partial charge on any atom is -0.358 e. The molecule has 25 heavy (non-hydrogen) atoms. The molecule has 5 heteroatoms. The van der Waals surface area contributed by atoms with Crippen LogP contribution in [0.2, 0.25) is 0 Å². The SMILES string of the molecule is CC[C@H](C)c1ccc([C@H](NCC(=O)N(C)CC(=O)NC)C(C)C)cc1. The number of carbonyl (C=O) groups is 2. The molecule has 0 spiro atoms. The summed E-state index contributed by atoms with van der Waals surface area (Å²) in [7, 11) is 3.21. The van der Waals surface area contributed by atoms with E-state index < -0.39 is 0 Å². The molecule has 140 valence electrons. The van der Waals surface area contributed by atoms with E-state index in [-0.39, 0.29) is 30.9 Å². The molecule has 0 aliphatic heterocycles. The number of hydrogen-bond donors (Lipinski definition) is 2. The molecule has 1 aromatic carbocycles. The Morgan fingerprint density at radius 2 is 1.64 bits per heavy atom. The first-order chi connectivity index (χ1) is 11.8. The maximum atomic E-state index is 12.2. The van der Waals surface area contributed by atoms with Crippen molar-refractivity contribution in [1.29, 1.82) is 0 Å². The number of likely N-dealkylation sites (N-methyl/N-ethyl adjacent to an activating group) is 2. The quantitative estimate of drug-likeness (QED) is 0.722. The first kappa shape index (κ1) is 21.2. The molecular formula is C20H33N3O2. The molecule has 0 aromatic heterocycles. The third kappa shape index (κ3) is 6.50. The monoisotopic (exact) mass is 347 g/mol. The minimum absolute atomic E-state index is 0.0764. The summed E-state index contributed by atoms with van der Waals surface area (Å²) in [6.45, 7) is 8.99. The van der Waals surface area contributed by atoms with Gasteiger partial charge < -0.3 is 15.5 Å². The van der Waals surface area contributed by atoms with E-state index in [0.29, 0.717) is 11.8 Å². The van der Waals surface area contributed by atoms with Gasteiger partial charge in [-0.2, -0.15) is 0 Å². The number of benzene rings is 1. The maximum Gasteiger partial charge on any atom is 0.239 e. The van der Waals surface area contributed by atoms with Crippen molar-refractivity contribution in [2.45, 2.75) is 46.1 Å². The highest BCUT2D eigenvalue weighted by Crippen LogP contribution is 2.25. The lowest BCUT2D eigenvalue weighted by Crippen LogP contribution is -2.42. The van der Waals surface area contributed by atoms with Crippen molar-refractivity contribution >= 4 is 11.8 Å². The molecule has 2 atom stereocenters. The smallest absolute Gasteiger partial charge is 0.239 e. The molecule has 5 nitrogen and oxygen atoms in total. The van der Waals surface area contributed by atoms with Gasteiger partial charge in [0.15, 0.2) is 0 Å². The minimum atomic E-state index is -0.170. The van der Waals surface area contributed by atoms with Crippen LogP contribution in [0.1, 0.15) is 57.2 Å². The Hall–Kier alpha value is -1.88. The van der Waals surface area contributed by atoms with Gasteiger partial charge >= 0.3 is 0 Å². The third-order valence-electron chi connectivity index (χ3n) is 4.70. The second-order valence-corrected chi connectivity index (χ2v) is 7.00. The van der Waals surface area contributed by atoms with E-state index in [1.54, 1.807) is 14.1 Å². The predicted molar refractivity (Wildman–Crippen MR) is 102 cm³/mol. The van der Waals surface area contributed by atoms with Gasteiger partial charge in [0.1, 0.15) is 0 Å². The molecule has 2 amide bonds. The molecule has 0 saturated heterocycles. The van der Waals surface area contributed by atoms with Crippen LogP contribution < -0.4 is 10.6 Å². The van der Waals surface area contributed by atoms with Gasteiger partial charge in [-0.1, -0.05) is 52.0 Å². The number of nitrogens with one attached hydrogen (secondary N) is 2. The molecule has 0 saturated carbocycles. The zero-order valence-corrected chi connectivity index (χ0v) is 16.4. The zero-order chi connectivity index (χ0) is 19.0. The second-order valence-electron chi connectivity index (χ2n) is 7.00. The van der Waals surface area contributed by atoms with Crippen LogP contribution in [0.3, 0.4) is 0 Å². The molecule has 0 heterocycles. The summed E-state index contributed by atoms with van der Waals surface area (Å²) in [5, 5.41) is 5.87. The van der Waals surface area contributed by atoms with Gasteiger partial charge in [-0.25, -0.2) is 0 Å². The number of hydrogen-bond acceptors (Lipinski definition) is 3. The Balaban J connectivity index is 2.71. The molecule has 2 N–H and O–H groups in total. The van der Waals surface area contributed by atoms with Gasteiger partial charge in [-0.05, 0) is 29.4 Å². The van der Waals surface area contributed by atoms with E-state index in [9.17, 15) is 9.59 Å². The van der Waals surface area contributed by atoms with Crippen LogP contribution in [0.25, 0.3) is 0 Å². The number of rotatable bonds is 9. The molecule has 0 aliphatic carbocycles. The van der Waals surface area contributed by atoms with E-state index >= 15 is 0 Å². The molecule has 1 aromatic rings. The summed E-state index contributed by atoms with van der Waals surface area (Å²) < 4.78 is 0. The van der Waals surface area contributed by atoms with Crippen molar-refractivity contribution in [3.63, 3.8) is 0 Å². The Bertz CT molecular complexity index is 555. The summed E-state index contributed by atoms with van der Waals surface area (Å²) in [5.74, 6) is 0.647. The van der Waals surface area contributed by atoms with Crippen LogP contribution in [0, 0.1) is 5.92 Å². The Kier molecular flexibility index (Phi) is 8.62. The normalized spacial score (nSPS) is 13.4. The van der Waals surface area contributed by atoms with Crippen molar-refractivity contribution in [2.75, 3.05) is 27.2 Å². The molecule has 0 bridgehead atoms. The van der Waals surface area contributed by atoms with E-state index in [4.69, 9.17) is 0 Å². The fraction of sp³-hybridized carbons (Fsp3) is 0.600. The van der Waals surface area contributed by atoms with Crippen molar-refractivity contribution in [1.82, 2.24) is 15.5 Å². The van der Waals surface area contributed by atoms with Crippen molar-refractivity contribution in [2.24, 2.45) is 5.92 Å². The Labute approximate surface area is 152 Å². The van der Waals surface area contributed by atoms with E-state index in [1.807, 2.05) is 0 Å². The van der Waals surface area contributed by atoms with Crippen LogP contribution >= 0.6 is 0 Å². The second kappa shape index (κ2) is 10.2. The highest BCUT2D eigenvalue weighted by atomic mass is 16.2. The third-order valence-corrected chi connectivity index (χ3v) is 4.70. The van der Waals surface area contributed by atoms with Crippen LogP contribution in [0.4, 0.5) is 0 Å². The Morgan fingerprint density at radius 1 is 1.08 bits per heavy atom. The molecule has 1 rings (SSSR count). The van der Waals surface area contributed by atoms with Crippen molar-refractivity contribution < 1.29 is 9.59 Å². The lowest BCUT2D eigenvalue weighted by molar-refractivity contribution is -0.134. The summed E-state index contributed by atoms with van der Waals surface area (Å²) in [6.07, 6.45) is 1.12. The van der Waals surface area contributed by atoms with Gasteiger partial charge in [0.05, 0.1) is 13.1 Å². The summed E-state index contributed by atoms with van der Waals surface area (Å²) in [5.41, 5.74) is 2.53. The predicted octanol–water partition coefficient (Wildman–Crippen LogP) is 2.69. The maximum absolute atomic E-state index is 12.2. The van der Waals surface area contributed by atoms with Crippen LogP contribution in [0.5, 0.6) is 0 Å². The lowest BCUT2D eigenvalue weighted by atomic mass is 9.92. The van der Waals surface area contributed by atoms with Gasteiger partial charge in [0.25, 0.3) is 0 Å². The lowest BCUT2D eigenvalue weighted by Gasteiger charge is -2.25.